The van der Waals surface area contributed by atoms with Crippen molar-refractivity contribution in [2.75, 3.05) is 5.32 Å². The van der Waals surface area contributed by atoms with Crippen molar-refractivity contribution >= 4 is 30.4 Å². The van der Waals surface area contributed by atoms with Crippen molar-refractivity contribution < 1.29 is 29.3 Å². The summed E-state index contributed by atoms with van der Waals surface area (Å²) in [6, 6.07) is 1.83. The van der Waals surface area contributed by atoms with E-state index in [1.807, 2.05) is 0 Å². The lowest BCUT2D eigenvalue weighted by molar-refractivity contribution is -0.120. The van der Waals surface area contributed by atoms with Gasteiger partial charge in [-0.2, -0.15) is 0 Å². The molecule has 0 unspecified atom stereocenters. The number of anilines is 1. The molecule has 94 valence electrons. The van der Waals surface area contributed by atoms with Crippen molar-refractivity contribution in [1.29, 1.82) is 0 Å². The van der Waals surface area contributed by atoms with Crippen LogP contribution in [0, 0.1) is 0 Å². The molecule has 0 bridgehead atoms. The Morgan fingerprint density at radius 2 is 1.94 bits per heavy atom. The molecule has 3 N–H and O–H groups in total. The Morgan fingerprint density at radius 1 is 1.28 bits per heavy atom. The number of carboxylic acids is 1. The molecule has 1 aromatic carbocycles. The number of hydrogen-bond donors (Lipinski definition) is 3. The number of amides is 1. The summed E-state index contributed by atoms with van der Waals surface area (Å²) in [5.41, 5.74) is -1.01. The standard InChI is InChI=1S/C10H7N2O6/c11-9(15)5-1-7(12-3-13)8(18-4-14)2-6(5)10(16)17/h1-4H,(H3-,11,12,13,15,16,17)/q-1. The molecule has 1 rings (SSSR count). The number of carbonyl (C=O) groups is 3. The van der Waals surface area contributed by atoms with Crippen LogP contribution < -0.4 is 10.1 Å². The predicted octanol–water partition coefficient (Wildman–Crippen LogP) is 0.362. The number of nitrogens with zero attached hydrogens (tertiary/aromatic N) is 1. The maximum Gasteiger partial charge on any atom is 0.336 e. The van der Waals surface area contributed by atoms with Gasteiger partial charge in [-0.15, -0.1) is 0 Å². The molecule has 18 heavy (non-hydrogen) atoms. The van der Waals surface area contributed by atoms with Gasteiger partial charge < -0.3 is 25.7 Å². The molecule has 0 aromatic heterocycles. The van der Waals surface area contributed by atoms with Crippen molar-refractivity contribution in [3.05, 3.63) is 28.7 Å². The highest BCUT2D eigenvalue weighted by Gasteiger charge is 2.16. The summed E-state index contributed by atoms with van der Waals surface area (Å²) in [4.78, 5) is 31.5. The van der Waals surface area contributed by atoms with E-state index < -0.39 is 23.0 Å². The first-order chi connectivity index (χ1) is 8.51. The minimum atomic E-state index is -1.46. The van der Waals surface area contributed by atoms with Crippen molar-refractivity contribution in [3.8, 4) is 5.75 Å². The van der Waals surface area contributed by atoms with Gasteiger partial charge in [0.15, 0.2) is 5.75 Å². The topological polar surface area (TPSA) is 135 Å². The van der Waals surface area contributed by atoms with E-state index in [9.17, 15) is 14.4 Å². The molecule has 0 aliphatic heterocycles. The van der Waals surface area contributed by atoms with Crippen molar-refractivity contribution in [2.24, 2.45) is 0 Å². The number of nitrogens with one attached hydrogen (secondary N) is 1. The number of hydrogen-bond acceptors (Lipinski definition) is 4. The lowest BCUT2D eigenvalue weighted by Gasteiger charge is -2.13. The minimum Gasteiger partial charge on any atom is -0.771 e. The minimum absolute atomic E-state index is 0.0408. The van der Waals surface area contributed by atoms with Gasteiger partial charge >= 0.3 is 5.97 Å². The monoisotopic (exact) mass is 251 g/mol. The van der Waals surface area contributed by atoms with Crippen LogP contribution in [0.15, 0.2) is 12.1 Å². The summed E-state index contributed by atoms with van der Waals surface area (Å²) in [6.07, 6.45) is 0.256. The van der Waals surface area contributed by atoms with Gasteiger partial charge in [0.2, 0.25) is 6.41 Å². The summed E-state index contributed by atoms with van der Waals surface area (Å²) in [6.45, 7) is 0.0408. The van der Waals surface area contributed by atoms with E-state index in [2.05, 4.69) is 10.1 Å². The van der Waals surface area contributed by atoms with Gasteiger partial charge in [0.05, 0.1) is 11.3 Å². The van der Waals surface area contributed by atoms with Gasteiger partial charge in [0, 0.05) is 11.5 Å². The molecule has 0 aliphatic carbocycles. The molecule has 0 radical (unpaired) electrons. The van der Waals surface area contributed by atoms with Gasteiger partial charge in [0.25, 0.3) is 6.47 Å². The Labute approximate surface area is 100 Å². The molecule has 0 saturated carbocycles. The SMILES string of the molecule is [N-]=C(O)c1cc(NC=O)c(OC=O)cc1C(=O)O. The molecule has 0 spiro atoms. The third-order valence-electron chi connectivity index (χ3n) is 1.98. The second-order valence-electron chi connectivity index (χ2n) is 3.00. The van der Waals surface area contributed by atoms with Crippen LogP contribution in [0.2, 0.25) is 0 Å². The second kappa shape index (κ2) is 5.43. The van der Waals surface area contributed by atoms with Gasteiger partial charge in [-0.25, -0.2) is 4.79 Å². The third kappa shape index (κ3) is 2.61. The summed E-state index contributed by atoms with van der Waals surface area (Å²) in [7, 11) is 0. The summed E-state index contributed by atoms with van der Waals surface area (Å²) < 4.78 is 4.48. The number of carbonyl (C=O) groups excluding carboxylic acids is 2. The zero-order valence-electron chi connectivity index (χ0n) is 8.78. The van der Waals surface area contributed by atoms with Gasteiger partial charge in [-0.1, -0.05) is 0 Å². The Hall–Kier alpha value is -2.90. The first kappa shape index (κ1) is 13.2. The molecular formula is C10H7N2O6-. The predicted molar refractivity (Wildman–Crippen MR) is 59.9 cm³/mol. The van der Waals surface area contributed by atoms with E-state index in [-0.39, 0.29) is 24.3 Å². The van der Waals surface area contributed by atoms with Crippen molar-refractivity contribution in [2.45, 2.75) is 0 Å². The van der Waals surface area contributed by atoms with Crippen LogP contribution in [0.3, 0.4) is 0 Å². The lowest BCUT2D eigenvalue weighted by atomic mass is 10.1. The quantitative estimate of drug-likeness (QED) is 0.379. The largest absolute Gasteiger partial charge is 0.771 e. The van der Waals surface area contributed by atoms with Crippen LogP contribution in [-0.2, 0) is 9.59 Å². The van der Waals surface area contributed by atoms with E-state index in [0.717, 1.165) is 12.1 Å². The Morgan fingerprint density at radius 3 is 2.39 bits per heavy atom. The molecule has 1 amide bonds. The number of aliphatic hydroxyl groups excluding tert-OH is 1. The van der Waals surface area contributed by atoms with E-state index in [0.29, 0.717) is 0 Å². The van der Waals surface area contributed by atoms with Gasteiger partial charge in [-0.05, 0) is 12.1 Å². The fourth-order valence-electron chi connectivity index (χ4n) is 1.27. The van der Waals surface area contributed by atoms with Crippen LogP contribution in [0.1, 0.15) is 15.9 Å². The Balaban J connectivity index is 3.48. The van der Waals surface area contributed by atoms with Crippen molar-refractivity contribution in [1.82, 2.24) is 0 Å². The molecule has 0 fully saturated rings. The summed E-state index contributed by atoms with van der Waals surface area (Å²) >= 11 is 0. The van der Waals surface area contributed by atoms with Crippen LogP contribution in [0.4, 0.5) is 5.69 Å². The number of aliphatic hydroxyl groups is 1. The molecule has 0 atom stereocenters. The molecule has 0 saturated heterocycles. The van der Waals surface area contributed by atoms with E-state index in [1.165, 1.54) is 0 Å². The number of aromatic carboxylic acids is 1. The average molecular weight is 251 g/mol. The fourth-order valence-corrected chi connectivity index (χ4v) is 1.27. The van der Waals surface area contributed by atoms with Crippen LogP contribution in [-0.4, -0.2) is 35.0 Å². The summed E-state index contributed by atoms with van der Waals surface area (Å²) in [5, 5.41) is 28.9. The molecule has 8 nitrogen and oxygen atoms in total. The summed E-state index contributed by atoms with van der Waals surface area (Å²) in [5.74, 6) is -2.93. The number of benzene rings is 1. The Kier molecular flexibility index (Phi) is 3.98. The highest BCUT2D eigenvalue weighted by Crippen LogP contribution is 2.28. The first-order valence-corrected chi connectivity index (χ1v) is 4.48. The van der Waals surface area contributed by atoms with Crippen LogP contribution in [0.5, 0.6) is 5.75 Å². The maximum absolute atomic E-state index is 10.9. The lowest BCUT2D eigenvalue weighted by Crippen LogP contribution is -2.10. The first-order valence-electron chi connectivity index (χ1n) is 4.48. The second-order valence-corrected chi connectivity index (χ2v) is 3.00. The van der Waals surface area contributed by atoms with E-state index >= 15 is 0 Å². The smallest absolute Gasteiger partial charge is 0.336 e. The Bertz CT molecular complexity index is 478. The maximum atomic E-state index is 10.9. The zero-order valence-corrected chi connectivity index (χ0v) is 8.78. The van der Waals surface area contributed by atoms with Gasteiger partial charge in [0.1, 0.15) is 0 Å². The molecule has 8 heteroatoms. The molecular weight excluding hydrogens is 244 g/mol. The van der Waals surface area contributed by atoms with E-state index in [1.54, 1.807) is 0 Å². The normalized spacial score (nSPS) is 9.33. The average Bonchev–Trinajstić information content (AvgIpc) is 2.30. The van der Waals surface area contributed by atoms with E-state index in [4.69, 9.17) is 15.6 Å². The number of ether oxygens (including phenoxy) is 1. The van der Waals surface area contributed by atoms with Crippen molar-refractivity contribution in [3.63, 3.8) is 0 Å². The zero-order chi connectivity index (χ0) is 13.7. The number of rotatable bonds is 6. The highest BCUT2D eigenvalue weighted by atomic mass is 16.5. The van der Waals surface area contributed by atoms with Crippen LogP contribution >= 0.6 is 0 Å². The fraction of sp³-hybridized carbons (Fsp3) is 0. The third-order valence-corrected chi connectivity index (χ3v) is 1.98. The molecule has 0 aliphatic rings. The number of carboxylic acid groups (broad SMARTS) is 1. The van der Waals surface area contributed by atoms with Gasteiger partial charge in [-0.3, -0.25) is 9.59 Å². The van der Waals surface area contributed by atoms with Crippen LogP contribution in [0.25, 0.3) is 5.41 Å². The molecule has 0 heterocycles. The highest BCUT2D eigenvalue weighted by molar-refractivity contribution is 6.07. The molecule has 1 aromatic rings.